The highest BCUT2D eigenvalue weighted by Gasteiger charge is 2.19. The van der Waals surface area contributed by atoms with E-state index in [1.165, 1.54) is 0 Å². The molecule has 0 spiro atoms. The maximum atomic E-state index is 11.7. The topological polar surface area (TPSA) is 49.3 Å². The molecule has 1 unspecified atom stereocenters. The van der Waals surface area contributed by atoms with Crippen molar-refractivity contribution in [2.75, 3.05) is 12.3 Å². The highest BCUT2D eigenvalue weighted by Crippen LogP contribution is 2.26. The van der Waals surface area contributed by atoms with Crippen LogP contribution in [0, 0.1) is 0 Å². The standard InChI is InChI=1S/C15H22ClNO2S/c1-3-9-15(2,19)11-17-14(18)8-10-20-13-7-5-4-6-12(13)16/h4-7,19H,3,8-11H2,1-2H3,(H,17,18). The molecule has 2 N–H and O–H groups in total. The van der Waals surface area contributed by atoms with E-state index in [-0.39, 0.29) is 5.91 Å². The fourth-order valence-corrected chi connectivity index (χ4v) is 3.01. The van der Waals surface area contributed by atoms with Gasteiger partial charge in [-0.1, -0.05) is 37.1 Å². The first kappa shape index (κ1) is 17.3. The number of rotatable bonds is 8. The van der Waals surface area contributed by atoms with Crippen LogP contribution >= 0.6 is 23.4 Å². The Morgan fingerprint density at radius 1 is 1.45 bits per heavy atom. The second-order valence-electron chi connectivity index (χ2n) is 5.05. The van der Waals surface area contributed by atoms with Gasteiger partial charge in [0.25, 0.3) is 0 Å². The largest absolute Gasteiger partial charge is 0.388 e. The molecule has 0 aliphatic carbocycles. The Balaban J connectivity index is 2.26. The number of carbonyl (C=O) groups excluding carboxylic acids is 1. The Morgan fingerprint density at radius 2 is 2.15 bits per heavy atom. The van der Waals surface area contributed by atoms with Gasteiger partial charge in [0.1, 0.15) is 0 Å². The normalized spacial score (nSPS) is 13.8. The SMILES string of the molecule is CCCC(C)(O)CNC(=O)CCSc1ccccc1Cl. The summed E-state index contributed by atoms with van der Waals surface area (Å²) in [6.45, 7) is 4.06. The van der Waals surface area contributed by atoms with E-state index in [2.05, 4.69) is 5.32 Å². The third kappa shape index (κ3) is 6.64. The number of hydrogen-bond donors (Lipinski definition) is 2. The Kier molecular flexibility index (Phi) is 7.41. The van der Waals surface area contributed by atoms with Gasteiger partial charge in [0, 0.05) is 23.6 Å². The summed E-state index contributed by atoms with van der Waals surface area (Å²) in [5.41, 5.74) is -0.819. The third-order valence-corrected chi connectivity index (χ3v) is 4.40. The van der Waals surface area contributed by atoms with E-state index in [1.54, 1.807) is 18.7 Å². The van der Waals surface area contributed by atoms with E-state index in [4.69, 9.17) is 11.6 Å². The third-order valence-electron chi connectivity index (χ3n) is 2.88. The molecule has 0 heterocycles. The number of thioether (sulfide) groups is 1. The summed E-state index contributed by atoms with van der Waals surface area (Å²) < 4.78 is 0. The average Bonchev–Trinajstić information content (AvgIpc) is 2.39. The molecule has 1 aromatic rings. The maximum absolute atomic E-state index is 11.7. The van der Waals surface area contributed by atoms with Crippen molar-refractivity contribution in [3.63, 3.8) is 0 Å². The van der Waals surface area contributed by atoms with Gasteiger partial charge in [-0.05, 0) is 25.5 Å². The van der Waals surface area contributed by atoms with Crippen molar-refractivity contribution >= 4 is 29.3 Å². The quantitative estimate of drug-likeness (QED) is 0.722. The molecular weight excluding hydrogens is 294 g/mol. The van der Waals surface area contributed by atoms with Gasteiger partial charge in [0.05, 0.1) is 10.6 Å². The fourth-order valence-electron chi connectivity index (χ4n) is 1.82. The molecule has 0 saturated carbocycles. The first-order chi connectivity index (χ1) is 9.44. The number of amides is 1. The lowest BCUT2D eigenvalue weighted by Gasteiger charge is -2.22. The van der Waals surface area contributed by atoms with Crippen molar-refractivity contribution in [2.45, 2.75) is 43.6 Å². The molecule has 1 aromatic carbocycles. The van der Waals surface area contributed by atoms with Gasteiger partial charge in [-0.25, -0.2) is 0 Å². The summed E-state index contributed by atoms with van der Waals surface area (Å²) in [6, 6.07) is 7.59. The van der Waals surface area contributed by atoms with Crippen LogP contribution in [0.5, 0.6) is 0 Å². The fraction of sp³-hybridized carbons (Fsp3) is 0.533. The highest BCUT2D eigenvalue weighted by atomic mass is 35.5. The van der Waals surface area contributed by atoms with Crippen LogP contribution in [0.15, 0.2) is 29.2 Å². The summed E-state index contributed by atoms with van der Waals surface area (Å²) in [4.78, 5) is 12.7. The summed E-state index contributed by atoms with van der Waals surface area (Å²) in [5.74, 6) is 0.631. The number of nitrogens with one attached hydrogen (secondary N) is 1. The van der Waals surface area contributed by atoms with Crippen LogP contribution < -0.4 is 5.32 Å². The monoisotopic (exact) mass is 315 g/mol. The molecule has 0 bridgehead atoms. The predicted octanol–water partition coefficient (Wildman–Crippen LogP) is 3.49. The van der Waals surface area contributed by atoms with Gasteiger partial charge >= 0.3 is 0 Å². The van der Waals surface area contributed by atoms with Crippen molar-refractivity contribution in [1.29, 1.82) is 0 Å². The Bertz CT molecular complexity index is 438. The molecule has 1 atom stereocenters. The molecule has 112 valence electrons. The smallest absolute Gasteiger partial charge is 0.220 e. The summed E-state index contributed by atoms with van der Waals surface area (Å²) in [7, 11) is 0. The number of hydrogen-bond acceptors (Lipinski definition) is 3. The van der Waals surface area contributed by atoms with Crippen LogP contribution in [-0.2, 0) is 4.79 Å². The molecule has 1 rings (SSSR count). The first-order valence-electron chi connectivity index (χ1n) is 6.81. The van der Waals surface area contributed by atoms with Crippen LogP contribution in [0.2, 0.25) is 5.02 Å². The van der Waals surface area contributed by atoms with Gasteiger partial charge in [0.2, 0.25) is 5.91 Å². The van der Waals surface area contributed by atoms with Crippen LogP contribution in [0.1, 0.15) is 33.1 Å². The molecule has 0 saturated heterocycles. The second kappa shape index (κ2) is 8.55. The molecule has 0 aromatic heterocycles. The first-order valence-corrected chi connectivity index (χ1v) is 8.17. The van der Waals surface area contributed by atoms with Crippen LogP contribution in [0.25, 0.3) is 0 Å². The molecule has 0 aliphatic rings. The van der Waals surface area contributed by atoms with Crippen LogP contribution in [0.4, 0.5) is 0 Å². The lowest BCUT2D eigenvalue weighted by molar-refractivity contribution is -0.121. The van der Waals surface area contributed by atoms with Crippen LogP contribution in [0.3, 0.4) is 0 Å². The minimum Gasteiger partial charge on any atom is -0.388 e. The molecule has 0 fully saturated rings. The zero-order valence-electron chi connectivity index (χ0n) is 12.0. The molecule has 0 radical (unpaired) electrons. The lowest BCUT2D eigenvalue weighted by atomic mass is 10.0. The van der Waals surface area contributed by atoms with E-state index in [0.29, 0.717) is 30.2 Å². The minimum atomic E-state index is -0.819. The van der Waals surface area contributed by atoms with E-state index in [1.807, 2.05) is 31.2 Å². The van der Waals surface area contributed by atoms with Gasteiger partial charge < -0.3 is 10.4 Å². The Morgan fingerprint density at radius 3 is 2.80 bits per heavy atom. The molecular formula is C15H22ClNO2S. The van der Waals surface area contributed by atoms with E-state index >= 15 is 0 Å². The van der Waals surface area contributed by atoms with Crippen molar-refractivity contribution in [1.82, 2.24) is 5.32 Å². The highest BCUT2D eigenvalue weighted by molar-refractivity contribution is 7.99. The summed E-state index contributed by atoms with van der Waals surface area (Å²) in [6.07, 6.45) is 1.99. The Labute approximate surface area is 130 Å². The van der Waals surface area contributed by atoms with Crippen molar-refractivity contribution in [3.8, 4) is 0 Å². The van der Waals surface area contributed by atoms with Crippen molar-refractivity contribution in [3.05, 3.63) is 29.3 Å². The van der Waals surface area contributed by atoms with E-state index in [9.17, 15) is 9.90 Å². The molecule has 0 aliphatic heterocycles. The molecule has 20 heavy (non-hydrogen) atoms. The van der Waals surface area contributed by atoms with Crippen molar-refractivity contribution in [2.24, 2.45) is 0 Å². The predicted molar refractivity (Wildman–Crippen MR) is 85.3 cm³/mol. The summed E-state index contributed by atoms with van der Waals surface area (Å²) in [5, 5.41) is 13.5. The lowest BCUT2D eigenvalue weighted by Crippen LogP contribution is -2.40. The van der Waals surface area contributed by atoms with Gasteiger partial charge in [-0.2, -0.15) is 0 Å². The van der Waals surface area contributed by atoms with E-state index in [0.717, 1.165) is 11.3 Å². The molecule has 1 amide bonds. The van der Waals surface area contributed by atoms with Gasteiger partial charge in [-0.3, -0.25) is 4.79 Å². The number of benzene rings is 1. The molecule has 3 nitrogen and oxygen atoms in total. The molecule has 5 heteroatoms. The minimum absolute atomic E-state index is 0.0408. The Hall–Kier alpha value is -0.710. The number of carbonyl (C=O) groups is 1. The van der Waals surface area contributed by atoms with Gasteiger partial charge in [0.15, 0.2) is 0 Å². The zero-order valence-corrected chi connectivity index (χ0v) is 13.6. The summed E-state index contributed by atoms with van der Waals surface area (Å²) >= 11 is 7.60. The van der Waals surface area contributed by atoms with E-state index < -0.39 is 5.60 Å². The van der Waals surface area contributed by atoms with Gasteiger partial charge in [-0.15, -0.1) is 11.8 Å². The zero-order chi connectivity index (χ0) is 15.0. The second-order valence-corrected chi connectivity index (χ2v) is 6.60. The number of halogens is 1. The average molecular weight is 316 g/mol. The van der Waals surface area contributed by atoms with Crippen molar-refractivity contribution < 1.29 is 9.90 Å². The maximum Gasteiger partial charge on any atom is 0.220 e. The van der Waals surface area contributed by atoms with Crippen LogP contribution in [-0.4, -0.2) is 28.9 Å². The number of aliphatic hydroxyl groups is 1.